The van der Waals surface area contributed by atoms with Crippen LogP contribution in [-0.2, 0) is 48.1 Å². The molecule has 0 radical (unpaired) electrons. The third-order valence-electron chi connectivity index (χ3n) is 13.5. The van der Waals surface area contributed by atoms with Crippen LogP contribution in [0.1, 0.15) is 106 Å². The molecule has 10 aliphatic rings. The van der Waals surface area contributed by atoms with Crippen molar-refractivity contribution in [1.29, 1.82) is 0 Å². The summed E-state index contributed by atoms with van der Waals surface area (Å²) in [6, 6.07) is 0. The van der Waals surface area contributed by atoms with Gasteiger partial charge in [0, 0.05) is 37.8 Å². The molecule has 46 heavy (non-hydrogen) atoms. The average molecular weight is 649 g/mol. The Morgan fingerprint density at radius 1 is 0.587 bits per heavy atom. The van der Waals surface area contributed by atoms with Crippen molar-refractivity contribution in [2.45, 2.75) is 152 Å². The highest BCUT2D eigenvalue weighted by atomic mass is 17.3. The molecule has 8 saturated heterocycles. The lowest BCUT2D eigenvalue weighted by Crippen LogP contribution is -2.62. The van der Waals surface area contributed by atoms with Crippen molar-refractivity contribution in [1.82, 2.24) is 10.6 Å². The predicted molar refractivity (Wildman–Crippen MR) is 160 cm³/mol. The summed E-state index contributed by atoms with van der Waals surface area (Å²) < 4.78 is 25.7. The molecule has 4 bridgehead atoms. The highest BCUT2D eigenvalue weighted by Gasteiger charge is 2.77. The van der Waals surface area contributed by atoms with E-state index in [9.17, 15) is 9.59 Å². The Hall–Kier alpha value is -1.38. The van der Waals surface area contributed by atoms with E-state index in [1.54, 1.807) is 0 Å². The van der Waals surface area contributed by atoms with Crippen molar-refractivity contribution in [3.63, 3.8) is 0 Å². The van der Waals surface area contributed by atoms with Crippen LogP contribution in [0.25, 0.3) is 0 Å². The molecule has 0 aromatic rings. The first kappa shape index (κ1) is 31.9. The topological polar surface area (TPSA) is 132 Å². The van der Waals surface area contributed by atoms with E-state index in [2.05, 4.69) is 24.5 Å². The second kappa shape index (κ2) is 10.6. The zero-order valence-electron chi connectivity index (χ0n) is 28.2. The second-order valence-corrected chi connectivity index (χ2v) is 16.4. The summed E-state index contributed by atoms with van der Waals surface area (Å²) in [5.74, 6) is -1.16. The minimum atomic E-state index is -1.09. The molecule has 2 saturated carbocycles. The van der Waals surface area contributed by atoms with Crippen LogP contribution in [0, 0.1) is 35.5 Å². The number of carbonyl (C=O) groups is 2. The van der Waals surface area contributed by atoms with Crippen LogP contribution in [0.15, 0.2) is 0 Å². The monoisotopic (exact) mass is 648 g/mol. The maximum absolute atomic E-state index is 13.7. The first-order valence-corrected chi connectivity index (χ1v) is 17.8. The van der Waals surface area contributed by atoms with E-state index < -0.39 is 46.6 Å². The van der Waals surface area contributed by atoms with Crippen molar-refractivity contribution in [2.75, 3.05) is 13.1 Å². The lowest BCUT2D eigenvalue weighted by Gasteiger charge is -2.50. The molecule has 0 aromatic carbocycles. The predicted octanol–water partition coefficient (Wildman–Crippen LogP) is 4.01. The standard InChI is InChI=1S/C34H52N2O10/c1-19-9-11-23-31(5,41-27-33(23)21(19)13-15-29(3,39-27)43-45-33)25(37)35-17-7-8-18-36-26(38)32(6)24-12-10-20(2)22-14-16-30(4)40-28(42-32)34(22,24)46-44-30/h19-24,27-28H,7-18H2,1-6H3,(H,35,37)(H,36,38)/t19-,20-,21+,22+,23+,24+,27+,28+,29-,30-,31+,32+,33-,34-/m1/s1. The Labute approximate surface area is 271 Å². The Kier molecular flexibility index (Phi) is 7.31. The molecule has 258 valence electrons. The number of fused-ring (bicyclic) bond motifs is 4. The number of hydrogen-bond donors (Lipinski definition) is 2. The van der Waals surface area contributed by atoms with E-state index in [1.165, 1.54) is 0 Å². The first-order chi connectivity index (χ1) is 21.8. The Bertz CT molecular complexity index is 1180. The third kappa shape index (κ3) is 4.26. The minimum absolute atomic E-state index is 0.158. The second-order valence-electron chi connectivity index (χ2n) is 16.4. The Morgan fingerprint density at radius 2 is 1.00 bits per heavy atom. The van der Waals surface area contributed by atoms with Gasteiger partial charge in [-0.2, -0.15) is 0 Å². The van der Waals surface area contributed by atoms with E-state index in [-0.39, 0.29) is 35.5 Å². The van der Waals surface area contributed by atoms with E-state index in [0.717, 1.165) is 51.4 Å². The summed E-state index contributed by atoms with van der Waals surface area (Å²) >= 11 is 0. The van der Waals surface area contributed by atoms with Gasteiger partial charge in [-0.15, -0.1) is 0 Å². The van der Waals surface area contributed by atoms with E-state index >= 15 is 0 Å². The number of unbranched alkanes of at least 4 members (excludes halogenated alkanes) is 1. The van der Waals surface area contributed by atoms with Crippen LogP contribution in [0.2, 0.25) is 0 Å². The maximum Gasteiger partial charge on any atom is 0.252 e. The van der Waals surface area contributed by atoms with Crippen LogP contribution in [0.5, 0.6) is 0 Å². The van der Waals surface area contributed by atoms with Gasteiger partial charge in [0.05, 0.1) is 0 Å². The van der Waals surface area contributed by atoms with Gasteiger partial charge in [0.2, 0.25) is 11.6 Å². The molecule has 0 aromatic heterocycles. The van der Waals surface area contributed by atoms with Gasteiger partial charge in [-0.3, -0.25) is 9.59 Å². The van der Waals surface area contributed by atoms with Gasteiger partial charge in [0.15, 0.2) is 35.0 Å². The molecule has 2 spiro atoms. The van der Waals surface area contributed by atoms with Crippen LogP contribution in [-0.4, -0.2) is 71.5 Å². The summed E-state index contributed by atoms with van der Waals surface area (Å²) in [7, 11) is 0. The molecule has 8 aliphatic heterocycles. The summed E-state index contributed by atoms with van der Waals surface area (Å²) in [5.41, 5.74) is -3.75. The molecular formula is C34H52N2O10. The van der Waals surface area contributed by atoms with Gasteiger partial charge >= 0.3 is 0 Å². The fourth-order valence-electron chi connectivity index (χ4n) is 10.9. The third-order valence-corrected chi connectivity index (χ3v) is 13.5. The number of ether oxygens (including phenoxy) is 4. The van der Waals surface area contributed by atoms with Crippen molar-refractivity contribution in [3.05, 3.63) is 0 Å². The molecule has 2 amide bonds. The van der Waals surface area contributed by atoms with E-state index in [1.807, 2.05) is 27.7 Å². The van der Waals surface area contributed by atoms with E-state index in [0.29, 0.717) is 37.8 Å². The molecule has 8 heterocycles. The number of nitrogens with one attached hydrogen (secondary N) is 2. The summed E-state index contributed by atoms with van der Waals surface area (Å²) in [4.78, 5) is 51.5. The molecule has 14 atom stereocenters. The van der Waals surface area contributed by atoms with Gasteiger partial charge in [-0.25, -0.2) is 19.6 Å². The summed E-state index contributed by atoms with van der Waals surface area (Å²) in [6.07, 6.45) is 7.01. The quantitative estimate of drug-likeness (QED) is 0.308. The summed E-state index contributed by atoms with van der Waals surface area (Å²) in [6.45, 7) is 12.9. The fourth-order valence-corrected chi connectivity index (χ4v) is 10.9. The highest BCUT2D eigenvalue weighted by molar-refractivity contribution is 5.86. The largest absolute Gasteiger partial charge is 0.354 e. The molecule has 12 heteroatoms. The van der Waals surface area contributed by atoms with Crippen LogP contribution >= 0.6 is 0 Å². The average Bonchev–Trinajstić information content (AvgIpc) is 3.15. The molecule has 2 aliphatic carbocycles. The van der Waals surface area contributed by atoms with Crippen molar-refractivity contribution >= 4 is 11.8 Å². The SMILES string of the molecule is C[C@@H]1CC[C@@H]2[C@]34OO[C@](C)(CC[C@@H]13)O[C@H]4O[C@]2(C)C(=O)NCCCCNC(=O)[C@@]1(C)O[C@@H]2O[C@@]3(C)CC[C@H]4[C@H](C)CC[C@@H]1[C@@]24OO3. The lowest BCUT2D eigenvalue weighted by molar-refractivity contribution is -0.541. The Balaban J connectivity index is 0.864. The van der Waals surface area contributed by atoms with Crippen LogP contribution < -0.4 is 10.6 Å². The van der Waals surface area contributed by atoms with Gasteiger partial charge in [-0.05, 0) is 103 Å². The molecule has 10 fully saturated rings. The normalized spacial score (nSPS) is 54.8. The van der Waals surface area contributed by atoms with Crippen LogP contribution in [0.3, 0.4) is 0 Å². The minimum Gasteiger partial charge on any atom is -0.354 e. The highest BCUT2D eigenvalue weighted by Crippen LogP contribution is 2.65. The molecule has 0 unspecified atom stereocenters. The molecule has 2 N–H and O–H groups in total. The Morgan fingerprint density at radius 3 is 1.41 bits per heavy atom. The van der Waals surface area contributed by atoms with E-state index in [4.69, 9.17) is 38.5 Å². The van der Waals surface area contributed by atoms with Gasteiger partial charge in [0.1, 0.15) is 0 Å². The zero-order chi connectivity index (χ0) is 32.3. The van der Waals surface area contributed by atoms with Crippen molar-refractivity contribution in [2.24, 2.45) is 35.5 Å². The van der Waals surface area contributed by atoms with Crippen molar-refractivity contribution < 1.29 is 48.1 Å². The fraction of sp³-hybridized carbons (Fsp3) is 0.941. The zero-order valence-corrected chi connectivity index (χ0v) is 28.2. The lowest BCUT2D eigenvalue weighted by atomic mass is 9.59. The number of carbonyl (C=O) groups excluding carboxylic acids is 2. The molecular weight excluding hydrogens is 596 g/mol. The number of rotatable bonds is 7. The number of amides is 2. The maximum atomic E-state index is 13.7. The van der Waals surface area contributed by atoms with Crippen LogP contribution in [0.4, 0.5) is 0 Å². The van der Waals surface area contributed by atoms with Gasteiger partial charge in [-0.1, -0.05) is 13.8 Å². The molecule has 10 rings (SSSR count). The smallest absolute Gasteiger partial charge is 0.252 e. The number of hydrogen-bond acceptors (Lipinski definition) is 10. The first-order valence-electron chi connectivity index (χ1n) is 17.8. The summed E-state index contributed by atoms with van der Waals surface area (Å²) in [5, 5.41) is 6.23. The van der Waals surface area contributed by atoms with Crippen molar-refractivity contribution in [3.8, 4) is 0 Å². The van der Waals surface area contributed by atoms with Gasteiger partial charge in [0.25, 0.3) is 11.8 Å². The van der Waals surface area contributed by atoms with Gasteiger partial charge < -0.3 is 29.6 Å². The molecule has 12 nitrogen and oxygen atoms in total.